The van der Waals surface area contributed by atoms with Gasteiger partial charge in [-0.2, -0.15) is 5.26 Å². The van der Waals surface area contributed by atoms with Gasteiger partial charge in [0.25, 0.3) is 5.91 Å². The number of aryl methyl sites for hydroxylation is 1. The number of nitrogens with two attached hydrogens (primary N) is 1. The van der Waals surface area contributed by atoms with Gasteiger partial charge in [-0.15, -0.1) is 0 Å². The first-order valence-electron chi connectivity index (χ1n) is 10.4. The molecule has 0 aliphatic carbocycles. The first-order chi connectivity index (χ1) is 16.4. The molecular weight excluding hydrogens is 452 g/mol. The van der Waals surface area contributed by atoms with Crippen molar-refractivity contribution in [1.29, 1.82) is 5.26 Å². The van der Waals surface area contributed by atoms with Crippen molar-refractivity contribution in [1.82, 2.24) is 29.8 Å². The van der Waals surface area contributed by atoms with Crippen molar-refractivity contribution < 1.29 is 4.79 Å². The molecule has 5 aromatic rings. The minimum atomic E-state index is -0.207. The molecule has 0 aliphatic rings. The minimum absolute atomic E-state index is 0.207. The molecule has 0 atom stereocenters. The number of nitrogens with one attached hydrogen (secondary N) is 2. The summed E-state index contributed by atoms with van der Waals surface area (Å²) in [6.45, 7) is 2.59. The van der Waals surface area contributed by atoms with Crippen molar-refractivity contribution in [3.8, 4) is 6.07 Å². The molecule has 0 bridgehead atoms. The highest BCUT2D eigenvalue weighted by molar-refractivity contribution is 6.31. The number of H-pyrrole nitrogens is 1. The Morgan fingerprint density at radius 3 is 2.88 bits per heavy atom. The van der Waals surface area contributed by atoms with Gasteiger partial charge in [-0.1, -0.05) is 11.6 Å². The molecule has 5 rings (SSSR count). The number of nitriles is 1. The molecule has 4 N–H and O–H groups in total. The van der Waals surface area contributed by atoms with E-state index in [9.17, 15) is 4.79 Å². The number of nitrogens with zero attached hydrogens (tertiary/aromatic N) is 5. The second-order valence-electron chi connectivity index (χ2n) is 7.95. The third-order valence-corrected chi connectivity index (χ3v) is 5.86. The fourth-order valence-corrected chi connectivity index (χ4v) is 4.26. The Kier molecular flexibility index (Phi) is 5.36. The van der Waals surface area contributed by atoms with Gasteiger partial charge in [0.1, 0.15) is 11.8 Å². The van der Waals surface area contributed by atoms with Crippen LogP contribution in [0.15, 0.2) is 49.1 Å². The number of benzene rings is 2. The van der Waals surface area contributed by atoms with Crippen LogP contribution >= 0.6 is 11.6 Å². The number of hydrogen-bond donors (Lipinski definition) is 3. The molecule has 1 amide bonds. The van der Waals surface area contributed by atoms with Crippen LogP contribution in [0.1, 0.15) is 32.7 Å². The Bertz CT molecular complexity index is 1610. The summed E-state index contributed by atoms with van der Waals surface area (Å²) in [6, 6.07) is 12.8. The van der Waals surface area contributed by atoms with E-state index in [0.717, 1.165) is 27.7 Å². The quantitative estimate of drug-likeness (QED) is 0.358. The number of carbonyl (C=O) groups excluding carboxylic acids is 1. The van der Waals surface area contributed by atoms with Gasteiger partial charge >= 0.3 is 0 Å². The topological polar surface area (TPSA) is 138 Å². The number of aromatic amines is 1. The number of hydrogen-bond acceptors (Lipinski definition) is 6. The number of carbonyl (C=O) groups is 1. The summed E-state index contributed by atoms with van der Waals surface area (Å²) in [6.07, 6.45) is 3.08. The molecule has 3 heterocycles. The zero-order valence-corrected chi connectivity index (χ0v) is 18.9. The van der Waals surface area contributed by atoms with Crippen molar-refractivity contribution in [2.75, 3.05) is 5.73 Å². The number of imidazole rings is 1. The molecule has 168 valence electrons. The number of nitrogen functional groups attached to an aromatic ring is 1. The molecule has 9 nitrogen and oxygen atoms in total. The summed E-state index contributed by atoms with van der Waals surface area (Å²) in [5.41, 5.74) is 11.6. The van der Waals surface area contributed by atoms with Crippen LogP contribution in [0.3, 0.4) is 0 Å². The highest BCUT2D eigenvalue weighted by Gasteiger charge is 2.14. The lowest BCUT2D eigenvalue weighted by Gasteiger charge is -2.08. The zero-order chi connectivity index (χ0) is 23.8. The summed E-state index contributed by atoms with van der Waals surface area (Å²) < 4.78 is 1.88. The Balaban J connectivity index is 1.40. The molecule has 34 heavy (non-hydrogen) atoms. The van der Waals surface area contributed by atoms with Crippen LogP contribution in [0, 0.1) is 18.3 Å². The van der Waals surface area contributed by atoms with Crippen LogP contribution < -0.4 is 11.1 Å². The maximum atomic E-state index is 12.7. The van der Waals surface area contributed by atoms with Crippen molar-refractivity contribution in [2.45, 2.75) is 20.0 Å². The van der Waals surface area contributed by atoms with E-state index in [1.165, 1.54) is 6.33 Å². The van der Waals surface area contributed by atoms with E-state index in [4.69, 9.17) is 22.6 Å². The lowest BCUT2D eigenvalue weighted by Crippen LogP contribution is -2.23. The fraction of sp³-hybridized carbons (Fsp3) is 0.125. The van der Waals surface area contributed by atoms with Crippen molar-refractivity contribution in [2.24, 2.45) is 0 Å². The summed E-state index contributed by atoms with van der Waals surface area (Å²) in [7, 11) is 0. The third-order valence-electron chi connectivity index (χ3n) is 5.64. The van der Waals surface area contributed by atoms with Crippen LogP contribution in [0.25, 0.3) is 22.1 Å². The maximum Gasteiger partial charge on any atom is 0.251 e. The molecule has 2 aromatic carbocycles. The second kappa shape index (κ2) is 8.50. The first kappa shape index (κ1) is 21.4. The van der Waals surface area contributed by atoms with Crippen LogP contribution in [-0.4, -0.2) is 30.4 Å². The van der Waals surface area contributed by atoms with E-state index in [1.54, 1.807) is 24.5 Å². The molecule has 0 aliphatic heterocycles. The Morgan fingerprint density at radius 2 is 2.09 bits per heavy atom. The molecule has 0 radical (unpaired) electrons. The summed E-state index contributed by atoms with van der Waals surface area (Å²) >= 11 is 6.39. The smallest absolute Gasteiger partial charge is 0.251 e. The summed E-state index contributed by atoms with van der Waals surface area (Å²) in [5.74, 6) is 0.122. The molecule has 3 aromatic heterocycles. The second-order valence-corrected chi connectivity index (χ2v) is 8.39. The van der Waals surface area contributed by atoms with E-state index < -0.39 is 0 Å². The third kappa shape index (κ3) is 3.91. The van der Waals surface area contributed by atoms with Crippen LogP contribution in [0.5, 0.6) is 0 Å². The van der Waals surface area contributed by atoms with Crippen LogP contribution in [0.2, 0.25) is 5.02 Å². The van der Waals surface area contributed by atoms with Crippen molar-refractivity contribution >= 4 is 45.4 Å². The van der Waals surface area contributed by atoms with Gasteiger partial charge in [-0.3, -0.25) is 4.79 Å². The van der Waals surface area contributed by atoms with Crippen LogP contribution in [0.4, 0.5) is 5.82 Å². The number of aromatic nitrogens is 5. The van der Waals surface area contributed by atoms with Gasteiger partial charge in [0.2, 0.25) is 0 Å². The number of rotatable bonds is 5. The molecular formula is C24H19ClN8O. The number of anilines is 1. The largest absolute Gasteiger partial charge is 0.382 e. The molecule has 0 saturated carbocycles. The van der Waals surface area contributed by atoms with E-state index >= 15 is 0 Å². The van der Waals surface area contributed by atoms with E-state index in [0.29, 0.717) is 46.2 Å². The number of halogens is 1. The van der Waals surface area contributed by atoms with E-state index in [2.05, 4.69) is 31.3 Å². The lowest BCUT2D eigenvalue weighted by molar-refractivity contribution is 0.0950. The SMILES string of the molecule is Cc1cc(C#N)ccc1C(=O)NCc1cc2cc(Cl)cc(Cn3cnc4c(N)ncnc43)c2[nH]1. The average molecular weight is 471 g/mol. The lowest BCUT2D eigenvalue weighted by atomic mass is 10.1. The van der Waals surface area contributed by atoms with Crippen LogP contribution in [-0.2, 0) is 13.1 Å². The number of fused-ring (bicyclic) bond motifs is 2. The Labute approximate surface area is 199 Å². The first-order valence-corrected chi connectivity index (χ1v) is 10.8. The van der Waals surface area contributed by atoms with Gasteiger partial charge in [-0.25, -0.2) is 15.0 Å². The summed E-state index contributed by atoms with van der Waals surface area (Å²) in [5, 5.41) is 13.5. The standard InChI is InChI=1S/C24H19ClN8O/c1-13-4-14(8-26)2-3-19(13)24(34)28-9-18-7-15-5-17(25)6-16(20(15)32-18)10-33-12-31-21-22(27)29-11-30-23(21)33/h2-7,11-12,32H,9-10H2,1H3,(H,28,34)(H2,27,29,30). The van der Waals surface area contributed by atoms with E-state index in [-0.39, 0.29) is 5.91 Å². The molecule has 0 unspecified atom stereocenters. The maximum absolute atomic E-state index is 12.7. The van der Waals surface area contributed by atoms with Gasteiger partial charge in [0, 0.05) is 21.7 Å². The van der Waals surface area contributed by atoms with Gasteiger partial charge in [0.15, 0.2) is 11.5 Å². The fourth-order valence-electron chi connectivity index (χ4n) is 4.01. The average Bonchev–Trinajstić information content (AvgIpc) is 3.42. The van der Waals surface area contributed by atoms with Gasteiger partial charge < -0.3 is 20.6 Å². The summed E-state index contributed by atoms with van der Waals surface area (Å²) in [4.78, 5) is 28.7. The van der Waals surface area contributed by atoms with Crippen molar-refractivity contribution in [3.63, 3.8) is 0 Å². The molecule has 10 heteroatoms. The van der Waals surface area contributed by atoms with E-state index in [1.807, 2.05) is 29.7 Å². The Morgan fingerprint density at radius 1 is 1.24 bits per heavy atom. The Hall–Kier alpha value is -4.42. The highest BCUT2D eigenvalue weighted by Crippen LogP contribution is 2.27. The predicted octanol–water partition coefficient (Wildman–Crippen LogP) is 3.70. The normalized spacial score (nSPS) is 11.1. The van der Waals surface area contributed by atoms with Gasteiger partial charge in [0.05, 0.1) is 36.6 Å². The van der Waals surface area contributed by atoms with Gasteiger partial charge in [-0.05, 0) is 54.4 Å². The molecule has 0 fully saturated rings. The van der Waals surface area contributed by atoms with Crippen molar-refractivity contribution in [3.05, 3.63) is 82.0 Å². The number of amides is 1. The highest BCUT2D eigenvalue weighted by atomic mass is 35.5. The monoisotopic (exact) mass is 470 g/mol. The molecule has 0 spiro atoms. The predicted molar refractivity (Wildman–Crippen MR) is 129 cm³/mol. The zero-order valence-electron chi connectivity index (χ0n) is 18.1. The minimum Gasteiger partial charge on any atom is -0.382 e. The molecule has 0 saturated heterocycles.